The molecule has 0 atom stereocenters. The van der Waals surface area contributed by atoms with Gasteiger partial charge in [0.25, 0.3) is 0 Å². The molecule has 27 heavy (non-hydrogen) atoms. The number of carbonyl (C=O) groups is 1. The highest BCUT2D eigenvalue weighted by molar-refractivity contribution is 6.31. The van der Waals surface area contributed by atoms with E-state index in [-0.39, 0.29) is 18.2 Å². The van der Waals surface area contributed by atoms with Gasteiger partial charge in [-0.2, -0.15) is 0 Å². The topological polar surface area (TPSA) is 50.8 Å². The number of hydrogen-bond donors (Lipinski definition) is 1. The van der Waals surface area contributed by atoms with E-state index in [1.54, 1.807) is 30.1 Å². The number of carbonyl (C=O) groups excluding carboxylic acids is 1. The van der Waals surface area contributed by atoms with Gasteiger partial charge in [0.1, 0.15) is 11.5 Å². The molecular formula is C18H18ClF3N2O3. The minimum Gasteiger partial charge on any atom is -0.495 e. The van der Waals surface area contributed by atoms with Crippen molar-refractivity contribution in [2.24, 2.45) is 0 Å². The van der Waals surface area contributed by atoms with Gasteiger partial charge < -0.3 is 14.8 Å². The quantitative estimate of drug-likeness (QED) is 0.749. The van der Waals surface area contributed by atoms with E-state index in [9.17, 15) is 18.0 Å². The second-order valence-corrected chi connectivity index (χ2v) is 6.19. The first-order valence-electron chi connectivity index (χ1n) is 7.83. The van der Waals surface area contributed by atoms with Crippen LogP contribution in [0.1, 0.15) is 5.56 Å². The molecule has 5 nitrogen and oxygen atoms in total. The number of hydrogen-bond acceptors (Lipinski definition) is 4. The predicted octanol–water partition coefficient (Wildman–Crippen LogP) is 4.32. The molecule has 0 saturated carbocycles. The number of benzene rings is 2. The minimum atomic E-state index is -4.72. The Hall–Kier alpha value is -2.45. The van der Waals surface area contributed by atoms with E-state index in [0.29, 0.717) is 23.0 Å². The lowest BCUT2D eigenvalue weighted by atomic mass is 10.2. The Balaban J connectivity index is 1.90. The van der Waals surface area contributed by atoms with E-state index < -0.39 is 6.36 Å². The maximum Gasteiger partial charge on any atom is 0.573 e. The Morgan fingerprint density at radius 1 is 1.19 bits per heavy atom. The SMILES string of the molecule is COc1ccc(Cl)cc1NC(=O)CN(C)Cc1ccc(OC(F)(F)F)cc1. The number of alkyl halides is 3. The predicted molar refractivity (Wildman–Crippen MR) is 96.1 cm³/mol. The molecule has 2 aromatic rings. The summed E-state index contributed by atoms with van der Waals surface area (Å²) >= 11 is 5.93. The van der Waals surface area contributed by atoms with Gasteiger partial charge in [-0.25, -0.2) is 0 Å². The number of nitrogens with one attached hydrogen (secondary N) is 1. The van der Waals surface area contributed by atoms with Crippen LogP contribution >= 0.6 is 11.6 Å². The molecule has 1 amide bonds. The summed E-state index contributed by atoms with van der Waals surface area (Å²) in [5.74, 6) is -0.0922. The van der Waals surface area contributed by atoms with Crippen LogP contribution in [0.2, 0.25) is 5.02 Å². The molecule has 0 aromatic heterocycles. The highest BCUT2D eigenvalue weighted by Gasteiger charge is 2.30. The van der Waals surface area contributed by atoms with Crippen molar-refractivity contribution >= 4 is 23.2 Å². The molecule has 0 bridgehead atoms. The zero-order valence-electron chi connectivity index (χ0n) is 14.6. The molecule has 0 saturated heterocycles. The standard InChI is InChI=1S/C18H18ClF3N2O3/c1-24(10-12-3-6-14(7-4-12)27-18(20,21)22)11-17(25)23-15-9-13(19)5-8-16(15)26-2/h3-9H,10-11H2,1-2H3,(H,23,25). The van der Waals surface area contributed by atoms with Crippen molar-refractivity contribution < 1.29 is 27.4 Å². The van der Waals surface area contributed by atoms with Crippen molar-refractivity contribution in [3.63, 3.8) is 0 Å². The third-order valence-corrected chi connectivity index (χ3v) is 3.69. The third kappa shape index (κ3) is 6.99. The fourth-order valence-corrected chi connectivity index (χ4v) is 2.55. The molecule has 0 radical (unpaired) electrons. The summed E-state index contributed by atoms with van der Waals surface area (Å²) in [6, 6.07) is 10.4. The number of nitrogens with zero attached hydrogens (tertiary/aromatic N) is 1. The normalized spacial score (nSPS) is 11.4. The molecule has 2 rings (SSSR count). The van der Waals surface area contributed by atoms with E-state index in [4.69, 9.17) is 16.3 Å². The van der Waals surface area contributed by atoms with E-state index in [2.05, 4.69) is 10.1 Å². The van der Waals surface area contributed by atoms with Crippen molar-refractivity contribution in [3.05, 3.63) is 53.1 Å². The maximum atomic E-state index is 12.2. The minimum absolute atomic E-state index is 0.0659. The van der Waals surface area contributed by atoms with Crippen LogP contribution in [0, 0.1) is 0 Å². The first-order chi connectivity index (χ1) is 12.7. The Morgan fingerprint density at radius 2 is 1.85 bits per heavy atom. The monoisotopic (exact) mass is 402 g/mol. The molecule has 0 fully saturated rings. The van der Waals surface area contributed by atoms with Crippen molar-refractivity contribution in [3.8, 4) is 11.5 Å². The molecule has 0 aliphatic heterocycles. The summed E-state index contributed by atoms with van der Waals surface area (Å²) in [7, 11) is 3.20. The summed E-state index contributed by atoms with van der Waals surface area (Å²) in [6.45, 7) is 0.433. The third-order valence-electron chi connectivity index (χ3n) is 3.46. The van der Waals surface area contributed by atoms with Gasteiger partial charge in [0, 0.05) is 11.6 Å². The molecule has 146 valence electrons. The van der Waals surface area contributed by atoms with Crippen LogP contribution in [-0.2, 0) is 11.3 Å². The van der Waals surface area contributed by atoms with Gasteiger partial charge in [0.05, 0.1) is 19.3 Å². The molecule has 9 heteroatoms. The van der Waals surface area contributed by atoms with Gasteiger partial charge in [-0.3, -0.25) is 9.69 Å². The maximum absolute atomic E-state index is 12.2. The zero-order chi connectivity index (χ0) is 20.0. The van der Waals surface area contributed by atoms with E-state index >= 15 is 0 Å². The number of rotatable bonds is 7. The van der Waals surface area contributed by atoms with Gasteiger partial charge in [-0.15, -0.1) is 13.2 Å². The Labute approximate surface area is 159 Å². The Bertz CT molecular complexity index is 782. The summed E-state index contributed by atoms with van der Waals surface area (Å²) in [6.07, 6.45) is -4.72. The van der Waals surface area contributed by atoms with Gasteiger partial charge >= 0.3 is 6.36 Å². The number of amides is 1. The molecule has 0 unspecified atom stereocenters. The van der Waals surface area contributed by atoms with Crippen LogP contribution in [0.25, 0.3) is 0 Å². The zero-order valence-corrected chi connectivity index (χ0v) is 15.4. The molecule has 0 aliphatic rings. The second kappa shape index (κ2) is 8.96. The number of ether oxygens (including phenoxy) is 2. The fraction of sp³-hybridized carbons (Fsp3) is 0.278. The highest BCUT2D eigenvalue weighted by atomic mass is 35.5. The number of anilines is 1. The van der Waals surface area contributed by atoms with Crippen LogP contribution in [0.5, 0.6) is 11.5 Å². The summed E-state index contributed by atoms with van der Waals surface area (Å²) in [5.41, 5.74) is 1.19. The number of likely N-dealkylation sites (N-methyl/N-ethyl adjacent to an activating group) is 1. The van der Waals surface area contributed by atoms with Crippen molar-refractivity contribution in [2.45, 2.75) is 12.9 Å². The van der Waals surface area contributed by atoms with Gasteiger partial charge in [0.2, 0.25) is 5.91 Å². The van der Waals surface area contributed by atoms with Crippen molar-refractivity contribution in [2.75, 3.05) is 26.0 Å². The van der Waals surface area contributed by atoms with Crippen LogP contribution in [0.15, 0.2) is 42.5 Å². The molecule has 0 aliphatic carbocycles. The second-order valence-electron chi connectivity index (χ2n) is 5.76. The van der Waals surface area contributed by atoms with Crippen molar-refractivity contribution in [1.29, 1.82) is 0 Å². The number of halogens is 4. The van der Waals surface area contributed by atoms with Gasteiger partial charge in [-0.05, 0) is 42.9 Å². The molecule has 0 spiro atoms. The first kappa shape index (κ1) is 20.9. The van der Waals surface area contributed by atoms with Crippen molar-refractivity contribution in [1.82, 2.24) is 4.90 Å². The molecule has 1 N–H and O–H groups in total. The van der Waals surface area contributed by atoms with E-state index in [1.165, 1.54) is 31.4 Å². The Morgan fingerprint density at radius 3 is 2.44 bits per heavy atom. The lowest BCUT2D eigenvalue weighted by Gasteiger charge is -2.17. The summed E-state index contributed by atoms with van der Waals surface area (Å²) in [4.78, 5) is 13.9. The summed E-state index contributed by atoms with van der Waals surface area (Å²) in [5, 5.41) is 3.18. The van der Waals surface area contributed by atoms with Crippen LogP contribution in [0.4, 0.5) is 18.9 Å². The van der Waals surface area contributed by atoms with Crippen LogP contribution < -0.4 is 14.8 Å². The Kier molecular flexibility index (Phi) is 6.92. The van der Waals surface area contributed by atoms with Crippen LogP contribution in [-0.4, -0.2) is 37.9 Å². The van der Waals surface area contributed by atoms with E-state index in [0.717, 1.165) is 5.56 Å². The molecule has 2 aromatic carbocycles. The van der Waals surface area contributed by atoms with Gasteiger partial charge in [-0.1, -0.05) is 23.7 Å². The molecule has 0 heterocycles. The smallest absolute Gasteiger partial charge is 0.495 e. The lowest BCUT2D eigenvalue weighted by Crippen LogP contribution is -2.30. The lowest BCUT2D eigenvalue weighted by molar-refractivity contribution is -0.274. The van der Waals surface area contributed by atoms with Crippen LogP contribution in [0.3, 0.4) is 0 Å². The molecular weight excluding hydrogens is 385 g/mol. The fourth-order valence-electron chi connectivity index (χ4n) is 2.38. The average Bonchev–Trinajstić information content (AvgIpc) is 2.55. The first-order valence-corrected chi connectivity index (χ1v) is 8.20. The van der Waals surface area contributed by atoms with Gasteiger partial charge in [0.15, 0.2) is 0 Å². The average molecular weight is 403 g/mol. The number of methoxy groups -OCH3 is 1. The highest BCUT2D eigenvalue weighted by Crippen LogP contribution is 2.27. The van der Waals surface area contributed by atoms with E-state index in [1.807, 2.05) is 0 Å². The summed E-state index contributed by atoms with van der Waals surface area (Å²) < 4.78 is 45.5. The largest absolute Gasteiger partial charge is 0.573 e.